The van der Waals surface area contributed by atoms with Crippen molar-refractivity contribution in [1.29, 1.82) is 0 Å². The number of Topliss-reactive ketones (excluding diaryl/α,β-unsaturated/α-hetero) is 2. The Hall–Kier alpha value is -1.96. The molecule has 4 aliphatic rings. The summed E-state index contributed by atoms with van der Waals surface area (Å²) in [7, 11) is 1.59. The van der Waals surface area contributed by atoms with Gasteiger partial charge in [-0.15, -0.1) is 0 Å². The number of phenols is 1. The Balaban J connectivity index is 0.000000271. The summed E-state index contributed by atoms with van der Waals surface area (Å²) in [5.41, 5.74) is -2.40. The number of methoxy groups -OCH3 is 1. The molecule has 0 radical (unpaired) electrons. The third kappa shape index (κ3) is 4.19. The Morgan fingerprint density at radius 2 is 1.77 bits per heavy atom. The van der Waals surface area contributed by atoms with Crippen molar-refractivity contribution in [1.82, 2.24) is 0 Å². The van der Waals surface area contributed by atoms with E-state index in [4.69, 9.17) is 9.84 Å². The summed E-state index contributed by atoms with van der Waals surface area (Å²) in [6.07, 6.45) is 5.47. The maximum Gasteiger partial charge on any atom is 0.190 e. The highest BCUT2D eigenvalue weighted by atomic mass is 16.5. The van der Waals surface area contributed by atoms with Crippen LogP contribution in [-0.2, 0) is 9.59 Å². The highest BCUT2D eigenvalue weighted by Crippen LogP contribution is 2.67. The van der Waals surface area contributed by atoms with Crippen LogP contribution in [0.2, 0.25) is 0 Å². The predicted octanol–water partition coefficient (Wildman–Crippen LogP) is 3.26. The zero-order chi connectivity index (χ0) is 25.6. The summed E-state index contributed by atoms with van der Waals surface area (Å²) in [5.74, 6) is 1.40. The van der Waals surface area contributed by atoms with Crippen LogP contribution in [0.3, 0.4) is 0 Å². The van der Waals surface area contributed by atoms with Gasteiger partial charge < -0.3 is 25.2 Å². The lowest BCUT2D eigenvalue weighted by atomic mass is 9.44. The van der Waals surface area contributed by atoms with Crippen molar-refractivity contribution in [3.05, 3.63) is 24.3 Å². The Morgan fingerprint density at radius 1 is 1.09 bits per heavy atom. The normalized spacial score (nSPS) is 42.1. The van der Waals surface area contributed by atoms with Gasteiger partial charge in [0.15, 0.2) is 5.78 Å². The zero-order valence-electron chi connectivity index (χ0n) is 21.1. The molecule has 7 nitrogen and oxygen atoms in total. The van der Waals surface area contributed by atoms with Gasteiger partial charge in [0.05, 0.1) is 13.2 Å². The van der Waals surface area contributed by atoms with Crippen LogP contribution >= 0.6 is 0 Å². The molecule has 194 valence electrons. The molecule has 0 spiro atoms. The van der Waals surface area contributed by atoms with Crippen molar-refractivity contribution in [2.45, 2.75) is 76.9 Å². The van der Waals surface area contributed by atoms with E-state index in [1.165, 1.54) is 0 Å². The van der Waals surface area contributed by atoms with Gasteiger partial charge in [-0.2, -0.15) is 0 Å². The minimum Gasteiger partial charge on any atom is -0.508 e. The molecule has 8 atom stereocenters. The molecule has 0 unspecified atom stereocenters. The second kappa shape index (κ2) is 9.49. The number of aromatic hydroxyl groups is 1. The van der Waals surface area contributed by atoms with Crippen molar-refractivity contribution in [2.24, 2.45) is 34.5 Å². The number of hydrogen-bond donors (Lipinski definition) is 4. The largest absolute Gasteiger partial charge is 0.508 e. The molecule has 0 heterocycles. The van der Waals surface area contributed by atoms with E-state index in [9.17, 15) is 24.9 Å². The van der Waals surface area contributed by atoms with Gasteiger partial charge in [0, 0.05) is 17.8 Å². The van der Waals surface area contributed by atoms with Gasteiger partial charge in [0.1, 0.15) is 29.5 Å². The average Bonchev–Trinajstić information content (AvgIpc) is 3.10. The highest BCUT2D eigenvalue weighted by Gasteiger charge is 2.68. The van der Waals surface area contributed by atoms with Crippen LogP contribution in [0.25, 0.3) is 0 Å². The van der Waals surface area contributed by atoms with E-state index >= 15 is 0 Å². The highest BCUT2D eigenvalue weighted by molar-refractivity contribution is 5.92. The van der Waals surface area contributed by atoms with Gasteiger partial charge in [-0.3, -0.25) is 9.59 Å². The molecule has 7 heteroatoms. The lowest BCUT2D eigenvalue weighted by Gasteiger charge is -2.60. The van der Waals surface area contributed by atoms with E-state index < -0.39 is 23.4 Å². The minimum atomic E-state index is -1.58. The lowest BCUT2D eigenvalue weighted by Crippen LogP contribution is -2.62. The van der Waals surface area contributed by atoms with E-state index in [1.807, 2.05) is 6.92 Å². The molecule has 35 heavy (non-hydrogen) atoms. The summed E-state index contributed by atoms with van der Waals surface area (Å²) in [5, 5.41) is 39.4. The van der Waals surface area contributed by atoms with Crippen LogP contribution < -0.4 is 4.74 Å². The first-order valence-corrected chi connectivity index (χ1v) is 12.9. The van der Waals surface area contributed by atoms with Crippen LogP contribution in [0.4, 0.5) is 0 Å². The van der Waals surface area contributed by atoms with Gasteiger partial charge in [-0.05, 0) is 92.4 Å². The van der Waals surface area contributed by atoms with E-state index in [-0.39, 0.29) is 47.2 Å². The third-order valence-corrected chi connectivity index (χ3v) is 10.2. The second-order valence-electron chi connectivity index (χ2n) is 11.7. The van der Waals surface area contributed by atoms with Gasteiger partial charge >= 0.3 is 0 Å². The maximum absolute atomic E-state index is 13.4. The first-order valence-electron chi connectivity index (χ1n) is 12.9. The molecule has 1 aromatic rings. The molecule has 0 saturated heterocycles. The monoisotopic (exact) mass is 488 g/mol. The van der Waals surface area contributed by atoms with Gasteiger partial charge in [0.2, 0.25) is 0 Å². The smallest absolute Gasteiger partial charge is 0.190 e. The standard InChI is InChI=1S/C21H32O5.C7H8O2/c1-19-7-5-13(23)9-12(19)3-4-14-15-6-8-21(26,17(25)11-22)20(15,2)10-16(24)18(14)19;1-9-7-4-2-6(8)3-5-7/h12-15,18,22-23,26H,3-11H2,1-2H3;2-5,8H,1H3/t12-,13-,14+,15+,18-,19+,20+,21+;/m1./s1. The number of ketones is 2. The van der Waals surface area contributed by atoms with Gasteiger partial charge in [-0.25, -0.2) is 0 Å². The van der Waals surface area contributed by atoms with E-state index in [1.54, 1.807) is 31.4 Å². The predicted molar refractivity (Wildman–Crippen MR) is 130 cm³/mol. The zero-order valence-corrected chi connectivity index (χ0v) is 21.1. The van der Waals surface area contributed by atoms with Crippen molar-refractivity contribution in [3.8, 4) is 11.5 Å². The van der Waals surface area contributed by atoms with Crippen LogP contribution in [0.15, 0.2) is 24.3 Å². The van der Waals surface area contributed by atoms with Crippen molar-refractivity contribution in [2.75, 3.05) is 13.7 Å². The summed E-state index contributed by atoms with van der Waals surface area (Å²) >= 11 is 0. The molecule has 0 aliphatic heterocycles. The summed E-state index contributed by atoms with van der Waals surface area (Å²) in [6, 6.07) is 6.57. The lowest BCUT2D eigenvalue weighted by molar-refractivity contribution is -0.180. The van der Waals surface area contributed by atoms with Crippen LogP contribution in [-0.4, -0.2) is 57.4 Å². The maximum atomic E-state index is 13.4. The number of carbonyl (C=O) groups is 2. The van der Waals surface area contributed by atoms with Crippen molar-refractivity contribution >= 4 is 11.6 Å². The number of ether oxygens (including phenoxy) is 1. The van der Waals surface area contributed by atoms with Gasteiger partial charge in [0.25, 0.3) is 0 Å². The number of hydrogen-bond acceptors (Lipinski definition) is 7. The Kier molecular flexibility index (Phi) is 7.08. The Morgan fingerprint density at radius 3 is 2.40 bits per heavy atom. The molecule has 4 N–H and O–H groups in total. The fourth-order valence-corrected chi connectivity index (χ4v) is 8.23. The molecule has 0 bridgehead atoms. The summed E-state index contributed by atoms with van der Waals surface area (Å²) < 4.78 is 4.86. The van der Waals surface area contributed by atoms with Crippen LogP contribution in [0, 0.1) is 34.5 Å². The SMILES string of the molecule is COc1ccc(O)cc1.C[C@]12CC[C@@H](O)C[C@H]1CC[C@@H]1[C@@H]2C(=O)C[C@@]2(C)[C@H]1CC[C@]2(O)C(=O)CO. The fraction of sp³-hybridized carbons (Fsp3) is 0.714. The molecule has 0 aromatic heterocycles. The Bertz CT molecular complexity index is 945. The number of rotatable bonds is 3. The number of carbonyl (C=O) groups excluding carboxylic acids is 2. The van der Waals surface area contributed by atoms with E-state index in [0.29, 0.717) is 12.3 Å². The second-order valence-corrected chi connectivity index (χ2v) is 11.7. The molecule has 1 aromatic carbocycles. The quantitative estimate of drug-likeness (QED) is 0.515. The van der Waals surface area contributed by atoms with Crippen molar-refractivity contribution in [3.63, 3.8) is 0 Å². The topological polar surface area (TPSA) is 124 Å². The minimum absolute atomic E-state index is 0.0154. The number of phenolic OH excluding ortho intramolecular Hbond substituents is 1. The molecular formula is C28H40O7. The first-order chi connectivity index (χ1) is 16.5. The number of aliphatic hydroxyl groups excluding tert-OH is 2. The molecule has 5 rings (SSSR count). The molecule has 4 saturated carbocycles. The molecule has 0 amide bonds. The number of fused-ring (bicyclic) bond motifs is 5. The molecular weight excluding hydrogens is 448 g/mol. The van der Waals surface area contributed by atoms with Crippen LogP contribution in [0.5, 0.6) is 11.5 Å². The molecule has 4 fully saturated rings. The first kappa shape index (κ1) is 26.1. The van der Waals surface area contributed by atoms with E-state index in [2.05, 4.69) is 6.92 Å². The van der Waals surface area contributed by atoms with Crippen molar-refractivity contribution < 1.29 is 34.8 Å². The number of benzene rings is 1. The van der Waals surface area contributed by atoms with Gasteiger partial charge in [-0.1, -0.05) is 13.8 Å². The number of aliphatic hydroxyl groups is 3. The van der Waals surface area contributed by atoms with Crippen LogP contribution in [0.1, 0.15) is 65.2 Å². The third-order valence-electron chi connectivity index (χ3n) is 10.2. The summed E-state index contributed by atoms with van der Waals surface area (Å²) in [4.78, 5) is 25.7. The summed E-state index contributed by atoms with van der Waals surface area (Å²) in [6.45, 7) is 3.46. The molecule has 4 aliphatic carbocycles. The Labute approximate surface area is 207 Å². The van der Waals surface area contributed by atoms with E-state index in [0.717, 1.165) is 44.3 Å². The fourth-order valence-electron chi connectivity index (χ4n) is 8.23. The average molecular weight is 489 g/mol.